The van der Waals surface area contributed by atoms with E-state index in [1.54, 1.807) is 13.3 Å². The molecule has 13 heteroatoms. The first-order chi connectivity index (χ1) is 18.6. The molecule has 4 rings (SSSR count). The summed E-state index contributed by atoms with van der Waals surface area (Å²) in [5.41, 5.74) is 2.08. The Hall–Kier alpha value is -2.74. The Morgan fingerprint density at radius 2 is 2.03 bits per heavy atom. The third kappa shape index (κ3) is 7.27. The van der Waals surface area contributed by atoms with Gasteiger partial charge in [0.15, 0.2) is 0 Å². The van der Waals surface area contributed by atoms with Crippen molar-refractivity contribution in [2.24, 2.45) is 4.40 Å². The fourth-order valence-corrected chi connectivity index (χ4v) is 6.13. The van der Waals surface area contributed by atoms with Crippen LogP contribution in [-0.2, 0) is 13.0 Å². The SMILES string of the molecule is CNc1nc(N(C)[C@H]2C[C@@H](NCc3ccc(C(C=N)/C=N/SC)cc3)C[C@H]2O)c2cc(CC(F)(F)F)sc2n1. The van der Waals surface area contributed by atoms with Gasteiger partial charge in [0.1, 0.15) is 10.6 Å². The lowest BCUT2D eigenvalue weighted by molar-refractivity contribution is -0.126. The van der Waals surface area contributed by atoms with Crippen molar-refractivity contribution >= 4 is 57.7 Å². The first-order valence-corrected chi connectivity index (χ1v) is 14.5. The summed E-state index contributed by atoms with van der Waals surface area (Å²) in [6.07, 6.45) is 0.229. The Bertz CT molecular complexity index is 1300. The number of rotatable bonds is 11. The van der Waals surface area contributed by atoms with E-state index in [9.17, 15) is 18.3 Å². The number of aromatic nitrogens is 2. The first-order valence-electron chi connectivity index (χ1n) is 12.5. The van der Waals surface area contributed by atoms with Gasteiger partial charge in [-0.1, -0.05) is 24.3 Å². The molecule has 3 aromatic rings. The molecule has 4 N–H and O–H groups in total. The molecule has 0 bridgehead atoms. The fourth-order valence-electron chi connectivity index (χ4n) is 4.83. The molecule has 1 aliphatic rings. The van der Waals surface area contributed by atoms with Gasteiger partial charge < -0.3 is 26.0 Å². The number of aliphatic hydroxyl groups excluding tert-OH is 1. The predicted octanol–water partition coefficient (Wildman–Crippen LogP) is 5.04. The number of alkyl halides is 3. The highest BCUT2D eigenvalue weighted by Crippen LogP contribution is 2.37. The molecular formula is C26H32F3N7OS2. The molecule has 1 aliphatic carbocycles. The maximum Gasteiger partial charge on any atom is 0.393 e. The van der Waals surface area contributed by atoms with Crippen molar-refractivity contribution in [2.75, 3.05) is 30.6 Å². The van der Waals surface area contributed by atoms with Gasteiger partial charge in [-0.2, -0.15) is 18.2 Å². The number of likely N-dealkylation sites (N-methyl/N-ethyl adjacent to an activating group) is 1. The number of nitrogens with zero attached hydrogens (tertiary/aromatic N) is 4. The van der Waals surface area contributed by atoms with E-state index >= 15 is 0 Å². The maximum atomic E-state index is 13.0. The zero-order chi connectivity index (χ0) is 28.2. The van der Waals surface area contributed by atoms with Gasteiger partial charge in [0.05, 0.1) is 29.9 Å². The Balaban J connectivity index is 1.44. The van der Waals surface area contributed by atoms with Crippen LogP contribution in [0.3, 0.4) is 0 Å². The van der Waals surface area contributed by atoms with Crippen LogP contribution < -0.4 is 15.5 Å². The highest BCUT2D eigenvalue weighted by Gasteiger charge is 2.37. The van der Waals surface area contributed by atoms with Crippen LogP contribution in [0.25, 0.3) is 10.2 Å². The van der Waals surface area contributed by atoms with Gasteiger partial charge in [-0.05, 0) is 42.0 Å². The van der Waals surface area contributed by atoms with Gasteiger partial charge in [-0.25, -0.2) is 9.38 Å². The zero-order valence-electron chi connectivity index (χ0n) is 21.9. The van der Waals surface area contributed by atoms with Gasteiger partial charge in [0.2, 0.25) is 5.95 Å². The second kappa shape index (κ2) is 12.6. The van der Waals surface area contributed by atoms with Gasteiger partial charge >= 0.3 is 6.18 Å². The number of halogens is 3. The summed E-state index contributed by atoms with van der Waals surface area (Å²) >= 11 is 2.36. The van der Waals surface area contributed by atoms with Crippen molar-refractivity contribution in [3.8, 4) is 0 Å². The van der Waals surface area contributed by atoms with E-state index < -0.39 is 18.7 Å². The van der Waals surface area contributed by atoms with E-state index in [-0.39, 0.29) is 22.9 Å². The second-order valence-electron chi connectivity index (χ2n) is 9.51. The minimum Gasteiger partial charge on any atom is -0.391 e. The molecule has 1 saturated carbocycles. The van der Waals surface area contributed by atoms with Crippen molar-refractivity contribution in [3.05, 3.63) is 46.3 Å². The number of aliphatic hydroxyl groups is 1. The van der Waals surface area contributed by atoms with Crippen LogP contribution in [-0.4, -0.2) is 72.2 Å². The molecule has 2 aromatic heterocycles. The van der Waals surface area contributed by atoms with E-state index in [0.717, 1.165) is 22.5 Å². The number of nitrogens with one attached hydrogen (secondary N) is 3. The summed E-state index contributed by atoms with van der Waals surface area (Å²) in [5.74, 6) is 0.658. The van der Waals surface area contributed by atoms with Crippen molar-refractivity contribution in [1.82, 2.24) is 15.3 Å². The van der Waals surface area contributed by atoms with Gasteiger partial charge in [-0.15, -0.1) is 11.3 Å². The van der Waals surface area contributed by atoms with E-state index in [1.165, 1.54) is 24.2 Å². The number of hydrogen-bond acceptors (Lipinski definition) is 10. The van der Waals surface area contributed by atoms with Crippen molar-refractivity contribution in [3.63, 3.8) is 0 Å². The summed E-state index contributed by atoms with van der Waals surface area (Å²) in [4.78, 5) is 11.4. The number of thiophene rings is 1. The van der Waals surface area contributed by atoms with Crippen LogP contribution in [0, 0.1) is 5.41 Å². The molecule has 39 heavy (non-hydrogen) atoms. The molecule has 0 amide bonds. The summed E-state index contributed by atoms with van der Waals surface area (Å²) in [7, 11) is 3.48. The van der Waals surface area contributed by atoms with E-state index in [4.69, 9.17) is 5.41 Å². The lowest BCUT2D eigenvalue weighted by Gasteiger charge is -2.29. The maximum absolute atomic E-state index is 13.0. The molecule has 1 fully saturated rings. The van der Waals surface area contributed by atoms with Gasteiger partial charge in [0, 0.05) is 50.2 Å². The Labute approximate surface area is 233 Å². The summed E-state index contributed by atoms with van der Waals surface area (Å²) in [5, 5.41) is 25.5. The van der Waals surface area contributed by atoms with Crippen LogP contribution >= 0.6 is 23.3 Å². The topological polar surface area (TPSA) is 110 Å². The number of hydrogen-bond donors (Lipinski definition) is 4. The second-order valence-corrected chi connectivity index (χ2v) is 11.2. The third-order valence-corrected chi connectivity index (χ3v) is 8.18. The quantitative estimate of drug-likeness (QED) is 0.186. The average molecular weight is 580 g/mol. The standard InChI is InChI=1S/C26H32F3N7OS2/c1-31-25-34-23(20-10-19(11-26(27,28)29)39-24(20)35-25)36(2)21-8-18(9-22(21)37)32-13-15-4-6-16(7-5-15)17(12-30)14-33-38-3/h4-7,10,12,14,17-18,21-22,30,32,37H,8-9,11,13H2,1-3H3,(H,31,34,35)/b30-12?,33-14+/t17?,18-,21+,22-/m1/s1. The zero-order valence-corrected chi connectivity index (χ0v) is 23.5. The molecule has 0 aliphatic heterocycles. The van der Waals surface area contributed by atoms with Crippen LogP contribution in [0.15, 0.2) is 34.7 Å². The summed E-state index contributed by atoms with van der Waals surface area (Å²) in [6, 6.07) is 9.33. The predicted molar refractivity (Wildman–Crippen MR) is 155 cm³/mol. The lowest BCUT2D eigenvalue weighted by Crippen LogP contribution is -2.38. The Morgan fingerprint density at radius 3 is 2.67 bits per heavy atom. The fraction of sp³-hybridized carbons (Fsp3) is 0.462. The molecule has 210 valence electrons. The molecule has 2 heterocycles. The molecule has 0 radical (unpaired) electrons. The lowest BCUT2D eigenvalue weighted by atomic mass is 10.00. The molecule has 4 atom stereocenters. The molecule has 0 saturated heterocycles. The van der Waals surface area contributed by atoms with Crippen molar-refractivity contribution in [1.29, 1.82) is 5.41 Å². The van der Waals surface area contributed by atoms with Crippen LogP contribution in [0.4, 0.5) is 24.9 Å². The van der Waals surface area contributed by atoms with E-state index in [0.29, 0.717) is 41.4 Å². The number of fused-ring (bicyclic) bond motifs is 1. The summed E-state index contributed by atoms with van der Waals surface area (Å²) in [6.45, 7) is 0.620. The molecular weight excluding hydrogens is 547 g/mol. The number of benzene rings is 1. The molecule has 1 aromatic carbocycles. The Kier molecular flexibility index (Phi) is 9.47. The van der Waals surface area contributed by atoms with Crippen molar-refractivity contribution < 1.29 is 18.3 Å². The largest absolute Gasteiger partial charge is 0.393 e. The molecule has 8 nitrogen and oxygen atoms in total. The van der Waals surface area contributed by atoms with Gasteiger partial charge in [-0.3, -0.25) is 0 Å². The van der Waals surface area contributed by atoms with Crippen molar-refractivity contribution in [2.45, 2.75) is 56.1 Å². The average Bonchev–Trinajstić information content (AvgIpc) is 3.48. The smallest absolute Gasteiger partial charge is 0.391 e. The number of anilines is 2. The highest BCUT2D eigenvalue weighted by atomic mass is 32.2. The van der Waals surface area contributed by atoms with Crippen LogP contribution in [0.1, 0.15) is 34.8 Å². The summed E-state index contributed by atoms with van der Waals surface area (Å²) < 4.78 is 43.2. The highest BCUT2D eigenvalue weighted by molar-refractivity contribution is 7.97. The monoisotopic (exact) mass is 579 g/mol. The minimum absolute atomic E-state index is 0.0551. The Morgan fingerprint density at radius 1 is 1.28 bits per heavy atom. The van der Waals surface area contributed by atoms with E-state index in [1.807, 2.05) is 42.5 Å². The van der Waals surface area contributed by atoms with Crippen LogP contribution in [0.5, 0.6) is 0 Å². The van der Waals surface area contributed by atoms with Crippen LogP contribution in [0.2, 0.25) is 0 Å². The minimum atomic E-state index is -4.31. The first kappa shape index (κ1) is 29.2. The third-order valence-electron chi connectivity index (χ3n) is 6.82. The normalized spacial score (nSPS) is 20.5. The van der Waals surface area contributed by atoms with E-state index in [2.05, 4.69) is 25.0 Å². The molecule has 1 unspecified atom stereocenters. The van der Waals surface area contributed by atoms with Gasteiger partial charge in [0.25, 0.3) is 0 Å². The molecule has 0 spiro atoms.